The molecule has 1 atom stereocenters. The van der Waals surface area contributed by atoms with Crippen molar-refractivity contribution in [3.8, 4) is 0 Å². The van der Waals surface area contributed by atoms with Crippen LogP contribution in [0.25, 0.3) is 0 Å². The van der Waals surface area contributed by atoms with Crippen LogP contribution in [-0.2, 0) is 31.6 Å². The first-order valence-electron chi connectivity index (χ1n) is 11.0. The first-order chi connectivity index (χ1) is 15.5. The van der Waals surface area contributed by atoms with Gasteiger partial charge in [0.05, 0.1) is 16.2 Å². The maximum atomic E-state index is 13.4. The maximum absolute atomic E-state index is 13.4. The second-order valence-corrected chi connectivity index (χ2v) is 11.2. The number of amides is 2. The van der Waals surface area contributed by atoms with Crippen LogP contribution in [0.1, 0.15) is 37.8 Å². The number of likely N-dealkylation sites (N-methyl/N-ethyl adjacent to an activating group) is 1. The lowest BCUT2D eigenvalue weighted by Gasteiger charge is -2.31. The van der Waals surface area contributed by atoms with Gasteiger partial charge in [0.15, 0.2) is 0 Å². The molecule has 4 rings (SSSR count). The first-order valence-corrected chi connectivity index (χ1v) is 12.4. The number of sulfonamides is 1. The smallest absolute Gasteiger partial charge is 0.243 e. The predicted molar refractivity (Wildman–Crippen MR) is 123 cm³/mol. The van der Waals surface area contributed by atoms with Crippen LogP contribution in [0, 0.1) is 11.7 Å². The minimum atomic E-state index is -3.83. The van der Waals surface area contributed by atoms with Crippen LogP contribution < -0.4 is 10.2 Å². The molecule has 0 aliphatic carbocycles. The first kappa shape index (κ1) is 23.4. The zero-order chi connectivity index (χ0) is 24.0. The molecule has 176 valence electrons. The van der Waals surface area contributed by atoms with Crippen LogP contribution in [0.2, 0.25) is 0 Å². The number of carbonyl (C=O) groups is 2. The number of carbonyl (C=O) groups excluding carboxylic acids is 2. The average Bonchev–Trinajstić information content (AvgIpc) is 2.98. The highest BCUT2D eigenvalue weighted by Gasteiger charge is 2.43. The van der Waals surface area contributed by atoms with Crippen molar-refractivity contribution in [1.29, 1.82) is 0 Å². The van der Waals surface area contributed by atoms with Gasteiger partial charge in [0.2, 0.25) is 21.8 Å². The summed E-state index contributed by atoms with van der Waals surface area (Å²) in [5, 5.41) is 2.83. The van der Waals surface area contributed by atoms with E-state index >= 15 is 0 Å². The van der Waals surface area contributed by atoms with Crippen LogP contribution in [0.4, 0.5) is 10.1 Å². The van der Waals surface area contributed by atoms with E-state index in [0.717, 1.165) is 5.56 Å². The Morgan fingerprint density at radius 3 is 2.58 bits per heavy atom. The summed E-state index contributed by atoms with van der Waals surface area (Å²) >= 11 is 0. The number of nitrogens with one attached hydrogen (secondary N) is 1. The van der Waals surface area contributed by atoms with E-state index in [1.165, 1.54) is 22.5 Å². The SMILES string of the molecule is CN1C(=O)C(C)(C)c2cc(S(=O)(=O)N3CCC[C@@H](C(=O)NCc4ccc(F)cc4)C3)ccc21. The van der Waals surface area contributed by atoms with Crippen molar-refractivity contribution in [2.75, 3.05) is 25.0 Å². The van der Waals surface area contributed by atoms with Gasteiger partial charge in [0, 0.05) is 32.4 Å². The van der Waals surface area contributed by atoms with Crippen molar-refractivity contribution < 1.29 is 22.4 Å². The quantitative estimate of drug-likeness (QED) is 0.724. The molecular formula is C24H28FN3O4S. The molecule has 2 aliphatic heterocycles. The molecule has 0 spiro atoms. The molecule has 0 unspecified atom stereocenters. The Labute approximate surface area is 193 Å². The van der Waals surface area contributed by atoms with Gasteiger partial charge in [-0.3, -0.25) is 9.59 Å². The normalized spacial score (nSPS) is 20.5. The molecule has 0 aromatic heterocycles. The third kappa shape index (κ3) is 4.27. The maximum Gasteiger partial charge on any atom is 0.243 e. The van der Waals surface area contributed by atoms with Crippen LogP contribution in [0.15, 0.2) is 47.4 Å². The van der Waals surface area contributed by atoms with Crippen molar-refractivity contribution in [1.82, 2.24) is 9.62 Å². The molecule has 1 saturated heterocycles. The molecule has 33 heavy (non-hydrogen) atoms. The van der Waals surface area contributed by atoms with Gasteiger partial charge < -0.3 is 10.2 Å². The number of halogens is 1. The van der Waals surface area contributed by atoms with E-state index in [4.69, 9.17) is 0 Å². The summed E-state index contributed by atoms with van der Waals surface area (Å²) in [4.78, 5) is 26.9. The van der Waals surface area contributed by atoms with Gasteiger partial charge in [0.1, 0.15) is 5.82 Å². The van der Waals surface area contributed by atoms with Crippen molar-refractivity contribution in [3.63, 3.8) is 0 Å². The predicted octanol–water partition coefficient (Wildman–Crippen LogP) is 2.80. The van der Waals surface area contributed by atoms with Crippen molar-refractivity contribution >= 4 is 27.5 Å². The van der Waals surface area contributed by atoms with E-state index < -0.39 is 21.4 Å². The average molecular weight is 474 g/mol. The second-order valence-electron chi connectivity index (χ2n) is 9.21. The molecule has 7 nitrogen and oxygen atoms in total. The van der Waals surface area contributed by atoms with Gasteiger partial charge in [-0.15, -0.1) is 0 Å². The zero-order valence-electron chi connectivity index (χ0n) is 19.0. The van der Waals surface area contributed by atoms with Crippen LogP contribution >= 0.6 is 0 Å². The van der Waals surface area contributed by atoms with E-state index in [0.29, 0.717) is 30.6 Å². The lowest BCUT2D eigenvalue weighted by atomic mass is 9.86. The lowest BCUT2D eigenvalue weighted by Crippen LogP contribution is -2.45. The highest BCUT2D eigenvalue weighted by atomic mass is 32.2. The van der Waals surface area contributed by atoms with E-state index in [9.17, 15) is 22.4 Å². The van der Waals surface area contributed by atoms with E-state index in [2.05, 4.69) is 5.32 Å². The van der Waals surface area contributed by atoms with Crippen LogP contribution in [-0.4, -0.2) is 44.7 Å². The van der Waals surface area contributed by atoms with Gasteiger partial charge in [-0.1, -0.05) is 12.1 Å². The van der Waals surface area contributed by atoms with Crippen molar-refractivity contribution in [2.24, 2.45) is 5.92 Å². The molecule has 0 saturated carbocycles. The monoisotopic (exact) mass is 473 g/mol. The van der Waals surface area contributed by atoms with E-state index in [1.54, 1.807) is 50.1 Å². The van der Waals surface area contributed by atoms with Crippen LogP contribution in [0.5, 0.6) is 0 Å². The molecule has 2 aromatic carbocycles. The number of benzene rings is 2. The highest BCUT2D eigenvalue weighted by Crippen LogP contribution is 2.42. The summed E-state index contributed by atoms with van der Waals surface area (Å²) < 4.78 is 41.2. The number of nitrogens with zero attached hydrogens (tertiary/aromatic N) is 2. The number of piperidine rings is 1. The van der Waals surface area contributed by atoms with Crippen molar-refractivity contribution in [3.05, 3.63) is 59.4 Å². The lowest BCUT2D eigenvalue weighted by molar-refractivity contribution is -0.126. The van der Waals surface area contributed by atoms with Gasteiger partial charge in [-0.05, 0) is 68.1 Å². The number of hydrogen-bond acceptors (Lipinski definition) is 4. The standard InChI is InChI=1S/C24H28FN3O4S/c1-24(2)20-13-19(10-11-21(20)27(3)23(24)30)33(31,32)28-12-4-5-17(15-28)22(29)26-14-16-6-8-18(25)9-7-16/h6-11,13,17H,4-5,12,14-15H2,1-3H3,(H,26,29)/t17-/m1/s1. The van der Waals surface area contributed by atoms with E-state index in [-0.39, 0.29) is 35.6 Å². The Morgan fingerprint density at radius 1 is 1.18 bits per heavy atom. The summed E-state index contributed by atoms with van der Waals surface area (Å²) in [5.41, 5.74) is 1.35. The highest BCUT2D eigenvalue weighted by molar-refractivity contribution is 7.89. The fourth-order valence-electron chi connectivity index (χ4n) is 4.57. The number of anilines is 1. The second kappa shape index (κ2) is 8.53. The molecule has 0 radical (unpaired) electrons. The summed E-state index contributed by atoms with van der Waals surface area (Å²) in [5.74, 6) is -1.11. The topological polar surface area (TPSA) is 86.8 Å². The minimum absolute atomic E-state index is 0.0806. The minimum Gasteiger partial charge on any atom is -0.352 e. The summed E-state index contributed by atoms with van der Waals surface area (Å²) in [6.45, 7) is 4.26. The number of fused-ring (bicyclic) bond motifs is 1. The molecule has 1 N–H and O–H groups in total. The fraction of sp³-hybridized carbons (Fsp3) is 0.417. The Hall–Kier alpha value is -2.78. The van der Waals surface area contributed by atoms with Gasteiger partial charge in [-0.25, -0.2) is 12.8 Å². The van der Waals surface area contributed by atoms with E-state index in [1.807, 2.05) is 0 Å². The Balaban J connectivity index is 1.49. The summed E-state index contributed by atoms with van der Waals surface area (Å²) in [6.07, 6.45) is 1.17. The Morgan fingerprint density at radius 2 is 1.88 bits per heavy atom. The molecule has 0 bridgehead atoms. The summed E-state index contributed by atoms with van der Waals surface area (Å²) in [6, 6.07) is 10.7. The van der Waals surface area contributed by atoms with Crippen LogP contribution in [0.3, 0.4) is 0 Å². The molecule has 2 heterocycles. The number of rotatable bonds is 5. The molecular weight excluding hydrogens is 445 g/mol. The third-order valence-electron chi connectivity index (χ3n) is 6.61. The Kier molecular flexibility index (Phi) is 6.05. The van der Waals surface area contributed by atoms with Gasteiger partial charge in [0.25, 0.3) is 0 Å². The van der Waals surface area contributed by atoms with Gasteiger partial charge >= 0.3 is 0 Å². The molecule has 1 fully saturated rings. The third-order valence-corrected chi connectivity index (χ3v) is 8.48. The number of hydrogen-bond donors (Lipinski definition) is 1. The fourth-order valence-corrected chi connectivity index (χ4v) is 6.12. The van der Waals surface area contributed by atoms with Crippen molar-refractivity contribution in [2.45, 2.75) is 43.5 Å². The molecule has 2 aromatic rings. The Bertz CT molecular complexity index is 1190. The van der Waals surface area contributed by atoms with Gasteiger partial charge in [-0.2, -0.15) is 4.31 Å². The molecule has 9 heteroatoms. The summed E-state index contributed by atoms with van der Waals surface area (Å²) in [7, 11) is -2.14. The molecule has 2 amide bonds. The zero-order valence-corrected chi connectivity index (χ0v) is 19.8. The largest absolute Gasteiger partial charge is 0.352 e. The molecule has 2 aliphatic rings.